The van der Waals surface area contributed by atoms with E-state index in [1.165, 1.54) is 0 Å². The van der Waals surface area contributed by atoms with Crippen molar-refractivity contribution in [1.82, 2.24) is 0 Å². The predicted molar refractivity (Wildman–Crippen MR) is 72.0 cm³/mol. The van der Waals surface area contributed by atoms with E-state index in [1.54, 1.807) is 0 Å². The van der Waals surface area contributed by atoms with Crippen molar-refractivity contribution in [2.24, 2.45) is 0 Å². The Bertz CT molecular complexity index is 303. The summed E-state index contributed by atoms with van der Waals surface area (Å²) in [6, 6.07) is 0. The van der Waals surface area contributed by atoms with Gasteiger partial charge in [-0.1, -0.05) is 0 Å². The molecule has 0 heterocycles. The molecule has 15 nitrogen and oxygen atoms in total. The van der Waals surface area contributed by atoms with Crippen LogP contribution in [-0.2, 0) is 24.0 Å². The molecule has 0 bridgehead atoms. The molecule has 0 saturated carbocycles. The van der Waals surface area contributed by atoms with Crippen molar-refractivity contribution < 1.29 is 134 Å². The first-order valence-corrected chi connectivity index (χ1v) is 5.39. The van der Waals surface area contributed by atoms with Gasteiger partial charge in [0.05, 0.1) is 62.9 Å². The molecule has 0 aromatic rings. The minimum atomic E-state index is -1.44. The molecule has 29 heavy (non-hydrogen) atoms. The molecule has 0 spiro atoms. The summed E-state index contributed by atoms with van der Waals surface area (Å²) in [5.41, 5.74) is 0. The molecule has 0 rings (SSSR count). The number of aliphatic hydroxyl groups is 5. The minimum Gasteiger partial charge on any atom is -0.548 e. The normalized spacial score (nSPS) is 6.38. The summed E-state index contributed by atoms with van der Waals surface area (Å²) in [5, 5.41) is 82.4. The second-order valence-corrected chi connectivity index (χ2v) is 2.65. The van der Waals surface area contributed by atoms with Gasteiger partial charge >= 0.3 is 81.0 Å². The molecule has 0 unspecified atom stereocenters. The summed E-state index contributed by atoms with van der Waals surface area (Å²) in [6.45, 7) is -4.44. The Morgan fingerprint density at radius 3 is 0.448 bits per heavy atom. The summed E-state index contributed by atoms with van der Waals surface area (Å²) >= 11 is 0. The summed E-state index contributed by atoms with van der Waals surface area (Å²) < 4.78 is 0. The van der Waals surface area contributed by atoms with Crippen LogP contribution < -0.4 is 84.6 Å². The average molecular weight is 477 g/mol. The van der Waals surface area contributed by atoms with Gasteiger partial charge in [-0.15, -0.1) is 0 Å². The quantitative estimate of drug-likeness (QED) is 0.229. The Labute approximate surface area is 217 Å². The Kier molecular flexibility index (Phi) is 99.4. The van der Waals surface area contributed by atoms with E-state index in [4.69, 9.17) is 75.0 Å². The van der Waals surface area contributed by atoms with Gasteiger partial charge in [0.25, 0.3) is 0 Å². The molecule has 0 radical (unpaired) electrons. The molecular weight excluding hydrogens is 462 g/mol. The minimum absolute atomic E-state index is 0. The van der Waals surface area contributed by atoms with Gasteiger partial charge in [0.1, 0.15) is 0 Å². The summed E-state index contributed by atoms with van der Waals surface area (Å²) in [4.78, 5) is 45.0. The van der Waals surface area contributed by atoms with Crippen molar-refractivity contribution in [1.29, 1.82) is 0 Å². The number of aliphatic carboxylic acids is 5. The summed E-state index contributed by atoms with van der Waals surface area (Å²) in [5.74, 6) is -7.20. The van der Waals surface area contributed by atoms with E-state index in [1.807, 2.05) is 0 Å². The van der Waals surface area contributed by atoms with Crippen molar-refractivity contribution >= 4 is 51.8 Å². The van der Waals surface area contributed by atoms with E-state index >= 15 is 0 Å². The van der Waals surface area contributed by atoms with Gasteiger partial charge in [-0.3, -0.25) is 0 Å². The Morgan fingerprint density at radius 1 is 0.414 bits per heavy atom. The Hall–Kier alpha value is -0.416. The molecule has 0 aliphatic heterocycles. The van der Waals surface area contributed by atoms with Crippen molar-refractivity contribution in [3.8, 4) is 0 Å². The molecule has 19 heteroatoms. The summed E-state index contributed by atoms with van der Waals surface area (Å²) in [7, 11) is 0. The van der Waals surface area contributed by atoms with Crippen LogP contribution in [0.2, 0.25) is 0 Å². The molecule has 0 aromatic heterocycles. The fraction of sp³-hybridized carbons (Fsp3) is 0.500. The van der Waals surface area contributed by atoms with E-state index in [9.17, 15) is 0 Å². The van der Waals surface area contributed by atoms with Gasteiger partial charge < -0.3 is 75.0 Å². The predicted octanol–water partition coefficient (Wildman–Crippen LogP) is -18.1. The van der Waals surface area contributed by atoms with Crippen LogP contribution in [0, 0.1) is 0 Å². The third-order valence-electron chi connectivity index (χ3n) is 0.645. The fourth-order valence-electron chi connectivity index (χ4n) is 0. The number of carboxylic acids is 5. The van der Waals surface area contributed by atoms with E-state index in [2.05, 4.69) is 0 Å². The third-order valence-corrected chi connectivity index (χ3v) is 0.645. The van der Waals surface area contributed by atoms with Crippen molar-refractivity contribution in [3.05, 3.63) is 0 Å². The maximum absolute atomic E-state index is 9.01. The van der Waals surface area contributed by atoms with Crippen LogP contribution in [0.5, 0.6) is 0 Å². The fourth-order valence-corrected chi connectivity index (χ4v) is 0. The van der Waals surface area contributed by atoms with Gasteiger partial charge in [-0.05, 0) is 0 Å². The van der Waals surface area contributed by atoms with Gasteiger partial charge in [-0.2, -0.15) is 0 Å². The molecule has 0 saturated heterocycles. The second kappa shape index (κ2) is 50.8. The van der Waals surface area contributed by atoms with Crippen molar-refractivity contribution in [2.45, 2.75) is 0 Å². The molecule has 0 aliphatic rings. The zero-order chi connectivity index (χ0) is 21.4. The summed E-state index contributed by atoms with van der Waals surface area (Å²) in [6.07, 6.45) is 0. The van der Waals surface area contributed by atoms with Crippen LogP contribution in [0.15, 0.2) is 0 Å². The van der Waals surface area contributed by atoms with Crippen molar-refractivity contribution in [2.75, 3.05) is 33.0 Å². The zero-order valence-corrected chi connectivity index (χ0v) is 21.4. The number of carboxylic acid groups (broad SMARTS) is 5. The largest absolute Gasteiger partial charge is 4.00 e. The maximum atomic E-state index is 9.01. The number of rotatable bonds is 5. The number of carbonyl (C=O) groups is 5. The first-order valence-electron chi connectivity index (χ1n) is 5.39. The van der Waals surface area contributed by atoms with Crippen LogP contribution in [0.1, 0.15) is 0 Å². The van der Waals surface area contributed by atoms with Crippen LogP contribution >= 0.6 is 0 Å². The topological polar surface area (TPSA) is 302 Å². The van der Waals surface area contributed by atoms with E-state index < -0.39 is 62.9 Å². The maximum Gasteiger partial charge on any atom is 4.00 e. The molecule has 0 amide bonds. The van der Waals surface area contributed by atoms with Crippen molar-refractivity contribution in [3.63, 3.8) is 0 Å². The molecule has 0 fully saturated rings. The number of hydrogen-bond donors (Lipinski definition) is 5. The number of aliphatic hydroxyl groups excluding tert-OH is 5. The van der Waals surface area contributed by atoms with Crippen LogP contribution in [-0.4, -0.2) is 110 Å². The van der Waals surface area contributed by atoms with Crippen LogP contribution in [0.3, 0.4) is 0 Å². The first kappa shape index (κ1) is 56.7. The smallest absolute Gasteiger partial charge is 0.548 e. The van der Waals surface area contributed by atoms with Crippen LogP contribution in [0.4, 0.5) is 0 Å². The third kappa shape index (κ3) is 197. The van der Waals surface area contributed by atoms with Gasteiger partial charge in [0.15, 0.2) is 0 Å². The van der Waals surface area contributed by atoms with Gasteiger partial charge in [-0.25, -0.2) is 0 Å². The molecule has 150 valence electrons. The molecule has 0 atom stereocenters. The number of carbonyl (C=O) groups excluding carboxylic acids is 5. The Morgan fingerprint density at radius 2 is 0.448 bits per heavy atom. The van der Waals surface area contributed by atoms with Gasteiger partial charge in [0.2, 0.25) is 0 Å². The molecular formula is C10H15Na2O15Si2+5. The first-order chi connectivity index (χ1) is 11.4. The van der Waals surface area contributed by atoms with Gasteiger partial charge in [0, 0.05) is 0 Å². The van der Waals surface area contributed by atoms with E-state index in [0.717, 1.165) is 0 Å². The van der Waals surface area contributed by atoms with E-state index in [0.29, 0.717) is 0 Å². The average Bonchev–Trinajstić information content (AvgIpc) is 2.56. The Balaban J connectivity index is -0.0000000238. The standard InChI is InChI=1S/5C2H4O3.2Na.2Si/c5*3-1-2(4)5;;;;/h5*3H,1H2,(H,4,5);;;;/q;;;;;2*+1;2*+4/p-5. The SMILES string of the molecule is O=C([O-])CO.O=C([O-])CO.O=C([O-])CO.O=C([O-])CO.O=C([O-])CO.[Na+].[Na+].[Si+4].[Si+4]. The number of hydrogen-bond acceptors (Lipinski definition) is 15. The van der Waals surface area contributed by atoms with E-state index in [-0.39, 0.29) is 81.0 Å². The second-order valence-electron chi connectivity index (χ2n) is 2.65. The molecule has 0 aliphatic carbocycles. The van der Waals surface area contributed by atoms with Crippen LogP contribution in [0.25, 0.3) is 0 Å². The monoisotopic (exact) mass is 477 g/mol. The zero-order valence-electron chi connectivity index (χ0n) is 15.4. The molecule has 0 aromatic carbocycles. The molecule has 5 N–H and O–H groups in total.